The number of hydrogen-bond donors (Lipinski definition) is 1. The van der Waals surface area contributed by atoms with E-state index in [4.69, 9.17) is 9.47 Å². The highest BCUT2D eigenvalue weighted by Crippen LogP contribution is 2.29. The largest absolute Gasteiger partial charge is 0.494 e. The molecule has 0 radical (unpaired) electrons. The predicted octanol–water partition coefficient (Wildman–Crippen LogP) is 2.24. The number of H-pyrrole nitrogens is 1. The minimum absolute atomic E-state index is 0.00939. The van der Waals surface area contributed by atoms with Crippen molar-refractivity contribution in [2.24, 2.45) is 0 Å². The van der Waals surface area contributed by atoms with E-state index in [1.54, 1.807) is 30.3 Å². The van der Waals surface area contributed by atoms with Gasteiger partial charge in [-0.2, -0.15) is 5.10 Å². The lowest BCUT2D eigenvalue weighted by Crippen LogP contribution is -2.32. The Balaban J connectivity index is 1.77. The molecule has 0 saturated carbocycles. The van der Waals surface area contributed by atoms with E-state index in [2.05, 4.69) is 15.2 Å². The van der Waals surface area contributed by atoms with E-state index in [1.165, 1.54) is 0 Å². The topological polar surface area (TPSA) is 80.3 Å². The molecule has 7 nitrogen and oxygen atoms in total. The molecule has 0 aliphatic carbocycles. The number of carbonyl (C=O) groups excluding carboxylic acids is 1. The smallest absolute Gasteiger partial charge is 0.260 e. The van der Waals surface area contributed by atoms with Crippen LogP contribution in [0.4, 0.5) is 0 Å². The zero-order valence-electron chi connectivity index (χ0n) is 13.9. The number of hydrogen-bond acceptors (Lipinski definition) is 5. The van der Waals surface area contributed by atoms with Gasteiger partial charge in [0.05, 0.1) is 17.8 Å². The zero-order chi connectivity index (χ0) is 17.2. The number of fused-ring (bicyclic) bond motifs is 4. The number of rotatable bonds is 0. The number of amides is 1. The Hall–Kier alpha value is -3.09. The van der Waals surface area contributed by atoms with Crippen molar-refractivity contribution in [1.29, 1.82) is 0 Å². The average molecular weight is 338 g/mol. The van der Waals surface area contributed by atoms with Crippen LogP contribution < -0.4 is 9.47 Å². The summed E-state index contributed by atoms with van der Waals surface area (Å²) >= 11 is 0. The Bertz CT molecular complexity index is 922. The molecule has 0 spiro atoms. The van der Waals surface area contributed by atoms with Gasteiger partial charge in [-0.25, -0.2) is 0 Å². The van der Waals surface area contributed by atoms with Gasteiger partial charge in [-0.1, -0.05) is 0 Å². The Morgan fingerprint density at radius 3 is 2.96 bits per heavy atom. The number of likely N-dealkylation sites (N-methyl/N-ethyl adjacent to an activating group) is 1. The van der Waals surface area contributed by atoms with Crippen LogP contribution in [0.2, 0.25) is 0 Å². The zero-order valence-corrected chi connectivity index (χ0v) is 13.9. The fraction of sp³-hybridized carbons (Fsp3) is 0.278. The Morgan fingerprint density at radius 1 is 1.16 bits per heavy atom. The second-order valence-corrected chi connectivity index (χ2v) is 5.96. The summed E-state index contributed by atoms with van der Waals surface area (Å²) < 4.78 is 11.5. The standard InChI is InChI=1S/C18H18N4O3/c1-22-7-2-8-24-12-3-4-15-14(9-12)18(21-20-15)16-10-13(5-6-19-16)25-11-17(22)23/h3-6,9-10H,2,7-8,11H2,1H3,(H,20,21). The molecule has 4 rings (SSSR count). The Kier molecular flexibility index (Phi) is 3.97. The molecular weight excluding hydrogens is 320 g/mol. The van der Waals surface area contributed by atoms with Crippen LogP contribution in [-0.4, -0.2) is 52.8 Å². The summed E-state index contributed by atoms with van der Waals surface area (Å²) in [4.78, 5) is 18.2. The van der Waals surface area contributed by atoms with Crippen molar-refractivity contribution >= 4 is 16.8 Å². The number of ether oxygens (including phenoxy) is 2. The maximum Gasteiger partial charge on any atom is 0.260 e. The van der Waals surface area contributed by atoms with Crippen molar-refractivity contribution in [2.45, 2.75) is 6.42 Å². The molecule has 3 heterocycles. The molecule has 1 aromatic carbocycles. The number of nitrogens with one attached hydrogen (secondary N) is 1. The first kappa shape index (κ1) is 15.4. The molecule has 2 aromatic heterocycles. The normalized spacial score (nSPS) is 15.4. The molecule has 25 heavy (non-hydrogen) atoms. The molecule has 0 unspecified atom stereocenters. The van der Waals surface area contributed by atoms with Crippen molar-refractivity contribution in [3.8, 4) is 22.9 Å². The van der Waals surface area contributed by atoms with Crippen LogP contribution in [0.1, 0.15) is 6.42 Å². The van der Waals surface area contributed by atoms with Gasteiger partial charge in [-0.05, 0) is 30.7 Å². The van der Waals surface area contributed by atoms with E-state index in [0.29, 0.717) is 24.6 Å². The second kappa shape index (κ2) is 6.43. The van der Waals surface area contributed by atoms with Crippen molar-refractivity contribution < 1.29 is 14.3 Å². The average Bonchev–Trinajstić information content (AvgIpc) is 3.06. The van der Waals surface area contributed by atoms with E-state index in [-0.39, 0.29) is 12.5 Å². The first-order chi connectivity index (χ1) is 12.2. The number of benzene rings is 1. The van der Waals surface area contributed by atoms with Gasteiger partial charge in [0.2, 0.25) is 0 Å². The van der Waals surface area contributed by atoms with E-state index in [9.17, 15) is 4.79 Å². The number of carbonyl (C=O) groups is 1. The van der Waals surface area contributed by atoms with Gasteiger partial charge in [-0.3, -0.25) is 14.9 Å². The van der Waals surface area contributed by atoms with Gasteiger partial charge in [-0.15, -0.1) is 0 Å². The van der Waals surface area contributed by atoms with Gasteiger partial charge in [0.15, 0.2) is 6.61 Å². The monoisotopic (exact) mass is 338 g/mol. The summed E-state index contributed by atoms with van der Waals surface area (Å²) in [6, 6.07) is 9.33. The number of aromatic amines is 1. The summed E-state index contributed by atoms with van der Waals surface area (Å²) in [6.07, 6.45) is 2.39. The van der Waals surface area contributed by atoms with Crippen molar-refractivity contribution in [3.63, 3.8) is 0 Å². The Morgan fingerprint density at radius 2 is 2.04 bits per heavy atom. The fourth-order valence-corrected chi connectivity index (χ4v) is 2.78. The third-order valence-electron chi connectivity index (χ3n) is 4.20. The molecule has 1 N–H and O–H groups in total. The number of nitrogens with zero attached hydrogens (tertiary/aromatic N) is 3. The van der Waals surface area contributed by atoms with Gasteiger partial charge in [0.1, 0.15) is 17.2 Å². The molecule has 1 aliphatic rings. The minimum atomic E-state index is -0.0732. The third-order valence-corrected chi connectivity index (χ3v) is 4.20. The molecule has 0 saturated heterocycles. The molecule has 7 heteroatoms. The molecule has 0 atom stereocenters. The van der Waals surface area contributed by atoms with Crippen LogP contribution in [0, 0.1) is 0 Å². The van der Waals surface area contributed by atoms with Crippen molar-refractivity contribution in [3.05, 3.63) is 36.5 Å². The molecule has 128 valence electrons. The first-order valence-electron chi connectivity index (χ1n) is 8.15. The van der Waals surface area contributed by atoms with E-state index >= 15 is 0 Å². The lowest BCUT2D eigenvalue weighted by Gasteiger charge is -2.17. The predicted molar refractivity (Wildman–Crippen MR) is 92.6 cm³/mol. The highest BCUT2D eigenvalue weighted by Gasteiger charge is 2.14. The third kappa shape index (κ3) is 3.13. The number of pyridine rings is 1. The van der Waals surface area contributed by atoms with Crippen LogP contribution in [0.5, 0.6) is 11.5 Å². The van der Waals surface area contributed by atoms with E-state index in [1.807, 2.05) is 18.2 Å². The van der Waals surface area contributed by atoms with Crippen LogP contribution in [0.3, 0.4) is 0 Å². The fourth-order valence-electron chi connectivity index (χ4n) is 2.78. The maximum atomic E-state index is 12.1. The van der Waals surface area contributed by atoms with Crippen LogP contribution in [0.25, 0.3) is 22.3 Å². The van der Waals surface area contributed by atoms with Crippen LogP contribution in [-0.2, 0) is 4.79 Å². The van der Waals surface area contributed by atoms with Crippen LogP contribution in [0.15, 0.2) is 36.5 Å². The van der Waals surface area contributed by atoms with Gasteiger partial charge in [0.25, 0.3) is 5.91 Å². The molecule has 4 bridgehead atoms. The summed E-state index contributed by atoms with van der Waals surface area (Å²) in [5, 5.41) is 8.32. The molecule has 3 aromatic rings. The quantitative estimate of drug-likeness (QED) is 0.680. The van der Waals surface area contributed by atoms with Crippen LogP contribution >= 0.6 is 0 Å². The molecule has 1 amide bonds. The lowest BCUT2D eigenvalue weighted by molar-refractivity contribution is -0.132. The maximum absolute atomic E-state index is 12.1. The summed E-state index contributed by atoms with van der Waals surface area (Å²) in [5.74, 6) is 1.28. The first-order valence-corrected chi connectivity index (χ1v) is 8.15. The number of aromatic nitrogens is 3. The van der Waals surface area contributed by atoms with Gasteiger partial charge in [0, 0.05) is 31.2 Å². The van der Waals surface area contributed by atoms with E-state index < -0.39 is 0 Å². The lowest BCUT2D eigenvalue weighted by atomic mass is 10.1. The summed E-state index contributed by atoms with van der Waals surface area (Å²) in [7, 11) is 1.77. The van der Waals surface area contributed by atoms with Gasteiger partial charge >= 0.3 is 0 Å². The highest BCUT2D eigenvalue weighted by atomic mass is 16.5. The highest BCUT2D eigenvalue weighted by molar-refractivity contribution is 5.93. The Labute approximate surface area is 144 Å². The molecule has 0 fully saturated rings. The second-order valence-electron chi connectivity index (χ2n) is 5.96. The van der Waals surface area contributed by atoms with E-state index in [0.717, 1.165) is 28.8 Å². The van der Waals surface area contributed by atoms with Crippen molar-refractivity contribution in [1.82, 2.24) is 20.1 Å². The minimum Gasteiger partial charge on any atom is -0.494 e. The van der Waals surface area contributed by atoms with Gasteiger partial charge < -0.3 is 14.4 Å². The molecular formula is C18H18N4O3. The summed E-state index contributed by atoms with van der Waals surface area (Å²) in [5.41, 5.74) is 2.32. The molecule has 1 aliphatic heterocycles. The summed E-state index contributed by atoms with van der Waals surface area (Å²) in [6.45, 7) is 1.14. The SMILES string of the molecule is CN1CCCOc2ccc3[nH]nc(c3c2)-c2cc(ccn2)OCC1=O. The van der Waals surface area contributed by atoms with Crippen molar-refractivity contribution in [2.75, 3.05) is 26.8 Å².